The van der Waals surface area contributed by atoms with Crippen molar-refractivity contribution in [1.82, 2.24) is 0 Å². The van der Waals surface area contributed by atoms with E-state index in [1.54, 1.807) is 0 Å². The Balaban J connectivity index is 1.60. The van der Waals surface area contributed by atoms with E-state index in [1.165, 1.54) is 64.2 Å². The molecule has 0 amide bonds. The van der Waals surface area contributed by atoms with Crippen molar-refractivity contribution in [3.8, 4) is 0 Å². The molecule has 0 aromatic heterocycles. The molecule has 0 saturated heterocycles. The number of allylic oxidation sites excluding steroid dienone is 1. The minimum absolute atomic E-state index is 0.00457. The van der Waals surface area contributed by atoms with E-state index in [-0.39, 0.29) is 6.10 Å². The summed E-state index contributed by atoms with van der Waals surface area (Å²) in [6.07, 6.45) is 18.5. The van der Waals surface area contributed by atoms with Crippen LogP contribution in [0, 0.1) is 35.0 Å². The van der Waals surface area contributed by atoms with Gasteiger partial charge in [-0.05, 0) is 86.4 Å². The SMILES string of the molecule is C=CCC[C@@]12CCC[C@H]1[C@@H]1CCC3CCCC[C@@H]3[C@H]1[C@@H](O)C2. The quantitative estimate of drug-likeness (QED) is 0.698. The van der Waals surface area contributed by atoms with E-state index in [0.717, 1.165) is 36.5 Å². The van der Waals surface area contributed by atoms with Gasteiger partial charge in [0, 0.05) is 0 Å². The minimum Gasteiger partial charge on any atom is -0.393 e. The van der Waals surface area contributed by atoms with Gasteiger partial charge < -0.3 is 5.11 Å². The molecule has 4 rings (SSSR count). The van der Waals surface area contributed by atoms with Crippen LogP contribution in [0.3, 0.4) is 0 Å². The highest BCUT2D eigenvalue weighted by Crippen LogP contribution is 2.63. The van der Waals surface area contributed by atoms with Crippen molar-refractivity contribution < 1.29 is 5.11 Å². The second-order valence-corrected chi connectivity index (χ2v) is 8.99. The second-order valence-electron chi connectivity index (χ2n) is 8.99. The summed E-state index contributed by atoms with van der Waals surface area (Å²) in [5.74, 6) is 4.23. The number of fused-ring (bicyclic) bond motifs is 5. The molecule has 0 aliphatic heterocycles. The van der Waals surface area contributed by atoms with Crippen LogP contribution in [0.5, 0.6) is 0 Å². The van der Waals surface area contributed by atoms with Gasteiger partial charge in [0.25, 0.3) is 0 Å². The maximum absolute atomic E-state index is 11.1. The van der Waals surface area contributed by atoms with Crippen molar-refractivity contribution in [2.45, 2.75) is 83.2 Å². The fourth-order valence-corrected chi connectivity index (χ4v) is 7.50. The molecule has 7 atom stereocenters. The zero-order valence-corrected chi connectivity index (χ0v) is 14.2. The molecular weight excluding hydrogens is 268 g/mol. The Morgan fingerprint density at radius 1 is 1.00 bits per heavy atom. The van der Waals surface area contributed by atoms with Crippen LogP contribution in [0.25, 0.3) is 0 Å². The summed E-state index contributed by atoms with van der Waals surface area (Å²) >= 11 is 0. The summed E-state index contributed by atoms with van der Waals surface area (Å²) in [5, 5.41) is 11.1. The van der Waals surface area contributed by atoms with Crippen molar-refractivity contribution in [3.05, 3.63) is 12.7 Å². The van der Waals surface area contributed by atoms with Crippen LogP contribution >= 0.6 is 0 Å². The van der Waals surface area contributed by atoms with Gasteiger partial charge in [-0.15, -0.1) is 6.58 Å². The van der Waals surface area contributed by atoms with Crippen LogP contribution in [-0.4, -0.2) is 11.2 Å². The number of aliphatic hydroxyl groups excluding tert-OH is 1. The highest BCUT2D eigenvalue weighted by Gasteiger charge is 2.57. The van der Waals surface area contributed by atoms with Crippen molar-refractivity contribution in [2.75, 3.05) is 0 Å². The van der Waals surface area contributed by atoms with Crippen LogP contribution in [0.1, 0.15) is 77.0 Å². The highest BCUT2D eigenvalue weighted by atomic mass is 16.3. The molecule has 1 unspecified atom stereocenters. The Bertz CT molecular complexity index is 416. The van der Waals surface area contributed by atoms with E-state index in [9.17, 15) is 5.11 Å². The lowest BCUT2D eigenvalue weighted by atomic mass is 9.49. The molecule has 1 heteroatoms. The zero-order chi connectivity index (χ0) is 15.2. The van der Waals surface area contributed by atoms with Crippen LogP contribution in [0.15, 0.2) is 12.7 Å². The maximum atomic E-state index is 11.1. The molecule has 0 heterocycles. The van der Waals surface area contributed by atoms with Gasteiger partial charge in [-0.3, -0.25) is 0 Å². The lowest BCUT2D eigenvalue weighted by Crippen LogP contribution is -2.53. The zero-order valence-electron chi connectivity index (χ0n) is 14.2. The van der Waals surface area contributed by atoms with Gasteiger partial charge in [0.2, 0.25) is 0 Å². The summed E-state index contributed by atoms with van der Waals surface area (Å²) in [7, 11) is 0. The normalized spacial score (nSPS) is 50.8. The Kier molecular flexibility index (Phi) is 4.13. The standard InChI is InChI=1S/C21H34O/c1-2-3-12-21-13-6-9-18(21)17-11-10-15-7-4-5-8-16(15)20(17)19(22)14-21/h2,15-20,22H,1,3-14H2/t15?,16-,17-,18-,19-,20+,21-/m0/s1. The molecular formula is C21H34O. The fraction of sp³-hybridized carbons (Fsp3) is 0.905. The molecule has 22 heavy (non-hydrogen) atoms. The summed E-state index contributed by atoms with van der Waals surface area (Å²) in [6, 6.07) is 0. The molecule has 1 N–H and O–H groups in total. The summed E-state index contributed by atoms with van der Waals surface area (Å²) in [5.41, 5.74) is 0.469. The number of aliphatic hydroxyl groups is 1. The number of rotatable bonds is 3. The molecule has 0 radical (unpaired) electrons. The van der Waals surface area contributed by atoms with Crippen LogP contribution < -0.4 is 0 Å². The maximum Gasteiger partial charge on any atom is 0.0579 e. The van der Waals surface area contributed by atoms with Crippen molar-refractivity contribution in [3.63, 3.8) is 0 Å². The van der Waals surface area contributed by atoms with Crippen LogP contribution in [0.4, 0.5) is 0 Å². The molecule has 4 aliphatic carbocycles. The van der Waals surface area contributed by atoms with Gasteiger partial charge in [0.1, 0.15) is 0 Å². The van der Waals surface area contributed by atoms with E-state index >= 15 is 0 Å². The molecule has 4 aliphatic rings. The van der Waals surface area contributed by atoms with Crippen LogP contribution in [-0.2, 0) is 0 Å². The molecule has 0 aromatic rings. The predicted molar refractivity (Wildman–Crippen MR) is 91.5 cm³/mol. The predicted octanol–water partition coefficient (Wildman–Crippen LogP) is 5.34. The second kappa shape index (κ2) is 5.96. The summed E-state index contributed by atoms with van der Waals surface area (Å²) in [6.45, 7) is 3.95. The first-order valence-corrected chi connectivity index (χ1v) is 10.0. The molecule has 0 spiro atoms. The number of hydrogen-bond donors (Lipinski definition) is 1. The monoisotopic (exact) mass is 302 g/mol. The molecule has 124 valence electrons. The summed E-state index contributed by atoms with van der Waals surface area (Å²) < 4.78 is 0. The lowest BCUT2D eigenvalue weighted by Gasteiger charge is -2.57. The number of hydrogen-bond acceptors (Lipinski definition) is 1. The third-order valence-electron chi connectivity index (χ3n) is 8.23. The van der Waals surface area contributed by atoms with E-state index in [2.05, 4.69) is 12.7 Å². The Morgan fingerprint density at radius 2 is 1.86 bits per heavy atom. The van der Waals surface area contributed by atoms with Gasteiger partial charge in [-0.2, -0.15) is 0 Å². The van der Waals surface area contributed by atoms with Crippen molar-refractivity contribution >= 4 is 0 Å². The lowest BCUT2D eigenvalue weighted by molar-refractivity contribution is -0.129. The average molecular weight is 303 g/mol. The Labute approximate surface area is 136 Å². The first-order valence-electron chi connectivity index (χ1n) is 10.0. The topological polar surface area (TPSA) is 20.2 Å². The molecule has 1 nitrogen and oxygen atoms in total. The Hall–Kier alpha value is -0.300. The van der Waals surface area contributed by atoms with Gasteiger partial charge in [-0.1, -0.05) is 31.8 Å². The van der Waals surface area contributed by atoms with Crippen molar-refractivity contribution in [2.24, 2.45) is 35.0 Å². The van der Waals surface area contributed by atoms with E-state index in [1.807, 2.05) is 0 Å². The van der Waals surface area contributed by atoms with Gasteiger partial charge in [-0.25, -0.2) is 0 Å². The van der Waals surface area contributed by atoms with Gasteiger partial charge in [0.05, 0.1) is 6.10 Å². The van der Waals surface area contributed by atoms with E-state index in [0.29, 0.717) is 11.3 Å². The van der Waals surface area contributed by atoms with Gasteiger partial charge >= 0.3 is 0 Å². The fourth-order valence-electron chi connectivity index (χ4n) is 7.50. The third kappa shape index (κ3) is 2.30. The molecule has 0 bridgehead atoms. The third-order valence-corrected chi connectivity index (χ3v) is 8.23. The van der Waals surface area contributed by atoms with Crippen LogP contribution in [0.2, 0.25) is 0 Å². The first-order chi connectivity index (χ1) is 10.7. The largest absolute Gasteiger partial charge is 0.393 e. The molecule has 4 fully saturated rings. The van der Waals surface area contributed by atoms with Crippen molar-refractivity contribution in [1.29, 1.82) is 0 Å². The molecule has 0 aromatic carbocycles. The smallest absolute Gasteiger partial charge is 0.0579 e. The summed E-state index contributed by atoms with van der Waals surface area (Å²) in [4.78, 5) is 0. The average Bonchev–Trinajstić information content (AvgIpc) is 2.96. The minimum atomic E-state index is -0.00457. The Morgan fingerprint density at radius 3 is 2.73 bits per heavy atom. The molecule has 4 saturated carbocycles. The highest BCUT2D eigenvalue weighted by molar-refractivity contribution is 5.07. The van der Waals surface area contributed by atoms with E-state index in [4.69, 9.17) is 0 Å². The first kappa shape index (κ1) is 15.2. The van der Waals surface area contributed by atoms with Gasteiger partial charge in [0.15, 0.2) is 0 Å². The van der Waals surface area contributed by atoms with E-state index < -0.39 is 0 Å².